The van der Waals surface area contributed by atoms with Crippen LogP contribution in [0, 0.1) is 0 Å². The normalized spacial score (nSPS) is 12.6. The number of aromatic nitrogens is 3. The Kier molecular flexibility index (Phi) is 3.88. The quantitative estimate of drug-likeness (QED) is 0.855. The Hall–Kier alpha value is -1.68. The molecular formula is C13H18N4. The average molecular weight is 230 g/mol. The molecule has 0 spiro atoms. The van der Waals surface area contributed by atoms with E-state index in [1.54, 1.807) is 0 Å². The lowest BCUT2D eigenvalue weighted by Crippen LogP contribution is -2.20. The van der Waals surface area contributed by atoms with Gasteiger partial charge in [0.25, 0.3) is 0 Å². The number of aryl methyl sites for hydroxylation is 1. The van der Waals surface area contributed by atoms with E-state index in [-0.39, 0.29) is 0 Å². The maximum absolute atomic E-state index is 4.25. The molecule has 2 rings (SSSR count). The molecule has 0 amide bonds. The van der Waals surface area contributed by atoms with Gasteiger partial charge >= 0.3 is 0 Å². The molecule has 2 aromatic heterocycles. The third kappa shape index (κ3) is 2.91. The lowest BCUT2D eigenvalue weighted by atomic mass is 10.1. The Morgan fingerprint density at radius 1 is 1.24 bits per heavy atom. The Bertz CT molecular complexity index is 449. The van der Waals surface area contributed by atoms with Crippen LogP contribution in [0.5, 0.6) is 0 Å². The molecule has 1 N–H and O–H groups in total. The number of pyridine rings is 1. The third-order valence-corrected chi connectivity index (χ3v) is 2.90. The summed E-state index contributed by atoms with van der Waals surface area (Å²) in [7, 11) is 0. The van der Waals surface area contributed by atoms with Crippen molar-refractivity contribution in [1.29, 1.82) is 0 Å². The van der Waals surface area contributed by atoms with Gasteiger partial charge in [-0.25, -0.2) is 0 Å². The monoisotopic (exact) mass is 230 g/mol. The summed E-state index contributed by atoms with van der Waals surface area (Å²) in [6, 6.07) is 6.44. The van der Waals surface area contributed by atoms with Crippen LogP contribution in [0.1, 0.15) is 31.1 Å². The maximum Gasteiger partial charge on any atom is 0.0522 e. The first-order valence-electron chi connectivity index (χ1n) is 5.95. The molecule has 4 nitrogen and oxygen atoms in total. The summed E-state index contributed by atoms with van der Waals surface area (Å²) in [4.78, 5) is 4.02. The SMILES string of the molecule is CCn1nccc1CN[C@H](C)c1ccncc1. The van der Waals surface area contributed by atoms with Crippen molar-refractivity contribution in [2.24, 2.45) is 0 Å². The zero-order chi connectivity index (χ0) is 12.1. The van der Waals surface area contributed by atoms with E-state index in [0.29, 0.717) is 6.04 Å². The molecule has 1 atom stereocenters. The molecule has 17 heavy (non-hydrogen) atoms. The minimum Gasteiger partial charge on any atom is -0.305 e. The molecule has 0 aromatic carbocycles. The molecule has 0 aliphatic heterocycles. The minimum atomic E-state index is 0.318. The van der Waals surface area contributed by atoms with Gasteiger partial charge in [-0.2, -0.15) is 5.10 Å². The van der Waals surface area contributed by atoms with E-state index in [1.807, 2.05) is 35.4 Å². The van der Waals surface area contributed by atoms with Gasteiger partial charge in [-0.15, -0.1) is 0 Å². The van der Waals surface area contributed by atoms with Crippen molar-refractivity contribution < 1.29 is 0 Å². The van der Waals surface area contributed by atoms with E-state index in [0.717, 1.165) is 13.1 Å². The van der Waals surface area contributed by atoms with Gasteiger partial charge in [0.05, 0.1) is 5.69 Å². The molecule has 90 valence electrons. The van der Waals surface area contributed by atoms with Gasteiger partial charge in [0, 0.05) is 37.7 Å². The van der Waals surface area contributed by atoms with Crippen molar-refractivity contribution in [1.82, 2.24) is 20.1 Å². The fourth-order valence-corrected chi connectivity index (χ4v) is 1.82. The van der Waals surface area contributed by atoms with Crippen molar-refractivity contribution in [3.8, 4) is 0 Å². The van der Waals surface area contributed by atoms with E-state index in [4.69, 9.17) is 0 Å². The minimum absolute atomic E-state index is 0.318. The Balaban J connectivity index is 1.95. The predicted molar refractivity (Wildman–Crippen MR) is 67.4 cm³/mol. The van der Waals surface area contributed by atoms with Crippen LogP contribution in [-0.4, -0.2) is 14.8 Å². The van der Waals surface area contributed by atoms with Crippen LogP contribution < -0.4 is 5.32 Å². The fraction of sp³-hybridized carbons (Fsp3) is 0.385. The summed E-state index contributed by atoms with van der Waals surface area (Å²) in [5.74, 6) is 0. The maximum atomic E-state index is 4.25. The van der Waals surface area contributed by atoms with Crippen molar-refractivity contribution in [3.05, 3.63) is 48.0 Å². The number of rotatable bonds is 5. The molecule has 0 aliphatic carbocycles. The van der Waals surface area contributed by atoms with Gasteiger partial charge in [-0.05, 0) is 37.6 Å². The molecule has 2 aromatic rings. The molecule has 0 saturated carbocycles. The van der Waals surface area contributed by atoms with E-state index < -0.39 is 0 Å². The van der Waals surface area contributed by atoms with E-state index in [1.165, 1.54) is 11.3 Å². The molecular weight excluding hydrogens is 212 g/mol. The lowest BCUT2D eigenvalue weighted by Gasteiger charge is -2.14. The van der Waals surface area contributed by atoms with Gasteiger partial charge in [0.1, 0.15) is 0 Å². The van der Waals surface area contributed by atoms with E-state index >= 15 is 0 Å². The van der Waals surface area contributed by atoms with Crippen molar-refractivity contribution in [3.63, 3.8) is 0 Å². The number of hydrogen-bond acceptors (Lipinski definition) is 3. The Labute approximate surface area is 102 Å². The van der Waals surface area contributed by atoms with Crippen molar-refractivity contribution >= 4 is 0 Å². The number of nitrogens with zero attached hydrogens (tertiary/aromatic N) is 3. The number of nitrogens with one attached hydrogen (secondary N) is 1. The highest BCUT2D eigenvalue weighted by Gasteiger charge is 2.06. The second-order valence-corrected chi connectivity index (χ2v) is 4.02. The Morgan fingerprint density at radius 3 is 2.71 bits per heavy atom. The average Bonchev–Trinajstić information content (AvgIpc) is 2.84. The second-order valence-electron chi connectivity index (χ2n) is 4.02. The van der Waals surface area contributed by atoms with Gasteiger partial charge in [-0.1, -0.05) is 0 Å². The molecule has 0 saturated heterocycles. The van der Waals surface area contributed by atoms with Crippen LogP contribution in [0.15, 0.2) is 36.8 Å². The topological polar surface area (TPSA) is 42.7 Å². The lowest BCUT2D eigenvalue weighted by molar-refractivity contribution is 0.531. The van der Waals surface area contributed by atoms with Crippen LogP contribution in [0.4, 0.5) is 0 Å². The van der Waals surface area contributed by atoms with Gasteiger partial charge in [0.2, 0.25) is 0 Å². The fourth-order valence-electron chi connectivity index (χ4n) is 1.82. The van der Waals surface area contributed by atoms with Crippen LogP contribution in [-0.2, 0) is 13.1 Å². The highest BCUT2D eigenvalue weighted by Crippen LogP contribution is 2.11. The third-order valence-electron chi connectivity index (χ3n) is 2.90. The van der Waals surface area contributed by atoms with E-state index in [2.05, 4.69) is 35.3 Å². The molecule has 0 unspecified atom stereocenters. The molecule has 0 aliphatic rings. The highest BCUT2D eigenvalue weighted by atomic mass is 15.3. The second kappa shape index (κ2) is 5.59. The van der Waals surface area contributed by atoms with Gasteiger partial charge in [-0.3, -0.25) is 9.67 Å². The summed E-state index contributed by atoms with van der Waals surface area (Å²) in [6.07, 6.45) is 5.49. The van der Waals surface area contributed by atoms with Crippen LogP contribution in [0.25, 0.3) is 0 Å². The summed E-state index contributed by atoms with van der Waals surface area (Å²) in [5.41, 5.74) is 2.47. The summed E-state index contributed by atoms with van der Waals surface area (Å²) >= 11 is 0. The molecule has 0 radical (unpaired) electrons. The smallest absolute Gasteiger partial charge is 0.0522 e. The van der Waals surface area contributed by atoms with Crippen LogP contribution >= 0.6 is 0 Å². The highest BCUT2D eigenvalue weighted by molar-refractivity contribution is 5.14. The van der Waals surface area contributed by atoms with E-state index in [9.17, 15) is 0 Å². The van der Waals surface area contributed by atoms with Crippen molar-refractivity contribution in [2.45, 2.75) is 33.0 Å². The zero-order valence-electron chi connectivity index (χ0n) is 10.3. The first kappa shape index (κ1) is 11.8. The first-order valence-corrected chi connectivity index (χ1v) is 5.95. The largest absolute Gasteiger partial charge is 0.305 e. The molecule has 0 fully saturated rings. The molecule has 2 heterocycles. The van der Waals surface area contributed by atoms with Gasteiger partial charge in [0.15, 0.2) is 0 Å². The zero-order valence-corrected chi connectivity index (χ0v) is 10.3. The number of hydrogen-bond donors (Lipinski definition) is 1. The van der Waals surface area contributed by atoms with Crippen LogP contribution in [0.2, 0.25) is 0 Å². The predicted octanol–water partition coefficient (Wildman–Crippen LogP) is 2.15. The first-order chi connectivity index (χ1) is 8.31. The Morgan fingerprint density at radius 2 is 2.00 bits per heavy atom. The summed E-state index contributed by atoms with van der Waals surface area (Å²) in [6.45, 7) is 6.00. The molecule has 0 bridgehead atoms. The van der Waals surface area contributed by atoms with Gasteiger partial charge < -0.3 is 5.32 Å². The summed E-state index contributed by atoms with van der Waals surface area (Å²) < 4.78 is 2.01. The van der Waals surface area contributed by atoms with Crippen molar-refractivity contribution in [2.75, 3.05) is 0 Å². The summed E-state index contributed by atoms with van der Waals surface area (Å²) in [5, 5.41) is 7.74. The standard InChI is InChI=1S/C13H18N4/c1-3-17-13(6-9-16-17)10-15-11(2)12-4-7-14-8-5-12/h4-9,11,15H,3,10H2,1-2H3/t11-/m1/s1. The van der Waals surface area contributed by atoms with Crippen LogP contribution in [0.3, 0.4) is 0 Å². The molecule has 4 heteroatoms.